The van der Waals surface area contributed by atoms with Gasteiger partial charge in [0.05, 0.1) is 6.42 Å². The molecule has 0 aliphatic rings. The van der Waals surface area contributed by atoms with Crippen molar-refractivity contribution in [2.24, 2.45) is 0 Å². The van der Waals surface area contributed by atoms with Crippen LogP contribution in [-0.4, -0.2) is 15.8 Å². The van der Waals surface area contributed by atoms with E-state index in [1.807, 2.05) is 12.3 Å². The van der Waals surface area contributed by atoms with Crippen LogP contribution in [0.2, 0.25) is 0 Å². The van der Waals surface area contributed by atoms with Gasteiger partial charge in [0.15, 0.2) is 5.78 Å². The van der Waals surface area contributed by atoms with E-state index in [1.54, 1.807) is 24.7 Å². The van der Waals surface area contributed by atoms with E-state index in [-0.39, 0.29) is 5.78 Å². The van der Waals surface area contributed by atoms with Gasteiger partial charge in [0, 0.05) is 29.5 Å². The van der Waals surface area contributed by atoms with Gasteiger partial charge in [-0.05, 0) is 18.6 Å². The lowest BCUT2D eigenvalue weighted by Crippen LogP contribution is -2.05. The highest BCUT2D eigenvalue weighted by atomic mass is 32.1. The van der Waals surface area contributed by atoms with Gasteiger partial charge >= 0.3 is 0 Å². The Balaban J connectivity index is 2.19. The van der Waals surface area contributed by atoms with E-state index in [0.717, 1.165) is 16.1 Å². The van der Waals surface area contributed by atoms with E-state index in [4.69, 9.17) is 0 Å². The second-order valence-electron chi connectivity index (χ2n) is 3.22. The first-order valence-corrected chi connectivity index (χ1v) is 5.47. The van der Waals surface area contributed by atoms with E-state index in [2.05, 4.69) is 9.97 Å². The largest absolute Gasteiger partial charge is 0.294 e. The van der Waals surface area contributed by atoms with Gasteiger partial charge in [-0.25, -0.2) is 4.98 Å². The number of nitrogens with zero attached hydrogens (tertiary/aromatic N) is 2. The van der Waals surface area contributed by atoms with Gasteiger partial charge in [-0.3, -0.25) is 9.78 Å². The van der Waals surface area contributed by atoms with Crippen molar-refractivity contribution in [3.8, 4) is 0 Å². The fourth-order valence-electron chi connectivity index (χ4n) is 1.36. The Hall–Kier alpha value is -1.55. The van der Waals surface area contributed by atoms with E-state index in [0.29, 0.717) is 6.42 Å². The first kappa shape index (κ1) is 9.98. The minimum atomic E-state index is 0.102. The number of Topliss-reactive ketones (excluding diaryl/α,β-unsaturated/α-hetero) is 1. The second-order valence-corrected chi connectivity index (χ2v) is 4.20. The van der Waals surface area contributed by atoms with Crippen LogP contribution in [0.1, 0.15) is 20.9 Å². The minimum Gasteiger partial charge on any atom is -0.294 e. The third-order valence-corrected chi connectivity index (χ3v) is 2.90. The van der Waals surface area contributed by atoms with Crippen LogP contribution in [-0.2, 0) is 6.42 Å². The average Bonchev–Trinajstić information content (AvgIpc) is 2.71. The predicted octanol–water partition coefficient (Wildman–Crippen LogP) is 2.27. The number of rotatable bonds is 3. The van der Waals surface area contributed by atoms with Crippen molar-refractivity contribution in [3.05, 3.63) is 46.2 Å². The Morgan fingerprint density at radius 2 is 2.33 bits per heavy atom. The number of ketones is 1. The van der Waals surface area contributed by atoms with E-state index in [1.165, 1.54) is 11.3 Å². The second kappa shape index (κ2) is 4.31. The number of pyridine rings is 1. The van der Waals surface area contributed by atoms with Crippen molar-refractivity contribution >= 4 is 17.1 Å². The van der Waals surface area contributed by atoms with Crippen molar-refractivity contribution in [1.82, 2.24) is 9.97 Å². The summed E-state index contributed by atoms with van der Waals surface area (Å²) in [5.41, 5.74) is 1.65. The molecule has 0 spiro atoms. The zero-order valence-electron chi connectivity index (χ0n) is 8.30. The SMILES string of the molecule is Cc1cnccc1C(=O)Cc1nccs1. The molecule has 0 aromatic carbocycles. The van der Waals surface area contributed by atoms with Crippen LogP contribution < -0.4 is 0 Å². The Labute approximate surface area is 91.8 Å². The molecular weight excluding hydrogens is 208 g/mol. The summed E-state index contributed by atoms with van der Waals surface area (Å²) in [7, 11) is 0. The molecule has 0 radical (unpaired) electrons. The van der Waals surface area contributed by atoms with Crippen LogP contribution in [0.5, 0.6) is 0 Å². The number of carbonyl (C=O) groups excluding carboxylic acids is 1. The van der Waals surface area contributed by atoms with Gasteiger partial charge in [0.25, 0.3) is 0 Å². The molecule has 0 N–H and O–H groups in total. The Kier molecular flexibility index (Phi) is 2.87. The highest BCUT2D eigenvalue weighted by molar-refractivity contribution is 7.09. The van der Waals surface area contributed by atoms with E-state index >= 15 is 0 Å². The van der Waals surface area contributed by atoms with Crippen LogP contribution in [0.3, 0.4) is 0 Å². The summed E-state index contributed by atoms with van der Waals surface area (Å²) in [5.74, 6) is 0.102. The molecular formula is C11H10N2OS. The summed E-state index contributed by atoms with van der Waals surface area (Å²) in [4.78, 5) is 19.9. The zero-order chi connectivity index (χ0) is 10.7. The van der Waals surface area contributed by atoms with Crippen LogP contribution in [0, 0.1) is 6.92 Å². The topological polar surface area (TPSA) is 42.9 Å². The minimum absolute atomic E-state index is 0.102. The number of aromatic nitrogens is 2. The van der Waals surface area contributed by atoms with Crippen molar-refractivity contribution in [2.75, 3.05) is 0 Å². The van der Waals surface area contributed by atoms with Crippen LogP contribution in [0.15, 0.2) is 30.0 Å². The van der Waals surface area contributed by atoms with Gasteiger partial charge in [-0.2, -0.15) is 0 Å². The number of hydrogen-bond acceptors (Lipinski definition) is 4. The molecule has 76 valence electrons. The molecule has 4 heteroatoms. The summed E-state index contributed by atoms with van der Waals surface area (Å²) in [5, 5.41) is 2.73. The van der Waals surface area contributed by atoms with E-state index in [9.17, 15) is 4.79 Å². The molecule has 0 unspecified atom stereocenters. The summed E-state index contributed by atoms with van der Waals surface area (Å²) in [6.45, 7) is 1.89. The summed E-state index contributed by atoms with van der Waals surface area (Å²) in [6.07, 6.45) is 5.44. The maximum Gasteiger partial charge on any atom is 0.170 e. The Bertz CT molecular complexity index is 465. The molecule has 2 aromatic heterocycles. The molecule has 0 bridgehead atoms. The molecule has 0 aliphatic carbocycles. The fraction of sp³-hybridized carbons (Fsp3) is 0.182. The van der Waals surface area contributed by atoms with Gasteiger partial charge in [-0.1, -0.05) is 0 Å². The normalized spacial score (nSPS) is 10.2. The fourth-order valence-corrected chi connectivity index (χ4v) is 1.97. The molecule has 0 saturated heterocycles. The van der Waals surface area contributed by atoms with Crippen LogP contribution >= 0.6 is 11.3 Å². The molecule has 0 atom stereocenters. The molecule has 0 amide bonds. The summed E-state index contributed by atoms with van der Waals surface area (Å²) in [6, 6.07) is 1.76. The smallest absolute Gasteiger partial charge is 0.170 e. The monoisotopic (exact) mass is 218 g/mol. The van der Waals surface area contributed by atoms with Crippen molar-refractivity contribution < 1.29 is 4.79 Å². The van der Waals surface area contributed by atoms with Gasteiger partial charge < -0.3 is 0 Å². The first-order chi connectivity index (χ1) is 7.27. The standard InChI is InChI=1S/C11H10N2OS/c1-8-7-12-3-2-9(8)10(14)6-11-13-4-5-15-11/h2-5,7H,6H2,1H3. The molecule has 2 rings (SSSR count). The molecule has 3 nitrogen and oxygen atoms in total. The first-order valence-electron chi connectivity index (χ1n) is 4.59. The lowest BCUT2D eigenvalue weighted by molar-refractivity contribution is 0.0992. The van der Waals surface area contributed by atoms with Crippen molar-refractivity contribution in [1.29, 1.82) is 0 Å². The van der Waals surface area contributed by atoms with Gasteiger partial charge in [-0.15, -0.1) is 11.3 Å². The highest BCUT2D eigenvalue weighted by Crippen LogP contribution is 2.12. The third kappa shape index (κ3) is 2.27. The molecule has 0 saturated carbocycles. The molecule has 15 heavy (non-hydrogen) atoms. The zero-order valence-corrected chi connectivity index (χ0v) is 9.12. The Morgan fingerprint density at radius 1 is 1.47 bits per heavy atom. The maximum atomic E-state index is 11.9. The number of aryl methyl sites for hydroxylation is 1. The Morgan fingerprint density at radius 3 is 3.00 bits per heavy atom. The van der Waals surface area contributed by atoms with E-state index < -0.39 is 0 Å². The summed E-state index contributed by atoms with van der Waals surface area (Å²) >= 11 is 1.50. The molecule has 0 aliphatic heterocycles. The molecule has 2 aromatic rings. The third-order valence-electron chi connectivity index (χ3n) is 2.12. The number of thiazole rings is 1. The lowest BCUT2D eigenvalue weighted by atomic mass is 10.1. The van der Waals surface area contributed by atoms with Crippen LogP contribution in [0.25, 0.3) is 0 Å². The molecule has 0 fully saturated rings. The van der Waals surface area contributed by atoms with Crippen molar-refractivity contribution in [2.45, 2.75) is 13.3 Å². The maximum absolute atomic E-state index is 11.9. The summed E-state index contributed by atoms with van der Waals surface area (Å²) < 4.78 is 0. The number of hydrogen-bond donors (Lipinski definition) is 0. The predicted molar refractivity (Wildman–Crippen MR) is 59.1 cm³/mol. The number of carbonyl (C=O) groups is 1. The highest BCUT2D eigenvalue weighted by Gasteiger charge is 2.10. The molecule has 2 heterocycles. The lowest BCUT2D eigenvalue weighted by Gasteiger charge is -2.01. The van der Waals surface area contributed by atoms with Crippen molar-refractivity contribution in [3.63, 3.8) is 0 Å². The average molecular weight is 218 g/mol. The van der Waals surface area contributed by atoms with Gasteiger partial charge in [0.2, 0.25) is 0 Å². The quantitative estimate of drug-likeness (QED) is 0.742. The van der Waals surface area contributed by atoms with Gasteiger partial charge in [0.1, 0.15) is 5.01 Å². The van der Waals surface area contributed by atoms with Crippen LogP contribution in [0.4, 0.5) is 0 Å².